The summed E-state index contributed by atoms with van der Waals surface area (Å²) < 4.78 is 1.56. The zero-order chi connectivity index (χ0) is 24.8. The Morgan fingerprint density at radius 3 is 2.74 bits per heavy atom. The minimum absolute atomic E-state index is 0.0811. The number of phenolic OH excluding ortho intramolecular Hbond substituents is 1. The Bertz CT molecular complexity index is 1180. The third kappa shape index (κ3) is 6.58. The number of aromatic nitrogens is 3. The van der Waals surface area contributed by atoms with Gasteiger partial charge in [-0.15, -0.1) is 0 Å². The lowest BCUT2D eigenvalue weighted by Gasteiger charge is -2.26. The highest BCUT2D eigenvalue weighted by atomic mass is 32.1. The fraction of sp³-hybridized carbons (Fsp3) is 0.417. The second-order valence-corrected chi connectivity index (χ2v) is 9.69. The summed E-state index contributed by atoms with van der Waals surface area (Å²) >= 11 is 1.19. The molecule has 186 valence electrons. The zero-order valence-corrected chi connectivity index (χ0v) is 20.8. The van der Waals surface area contributed by atoms with Gasteiger partial charge in [0.25, 0.3) is 5.91 Å². The highest BCUT2D eigenvalue weighted by molar-refractivity contribution is 7.17. The summed E-state index contributed by atoms with van der Waals surface area (Å²) in [6.45, 7) is 7.49. The number of likely N-dealkylation sites (tertiary alicyclic amines) is 1. The molecule has 1 aromatic carbocycles. The van der Waals surface area contributed by atoms with Gasteiger partial charge in [0.15, 0.2) is 10.9 Å². The van der Waals surface area contributed by atoms with Crippen molar-refractivity contribution < 1.29 is 14.7 Å². The quantitative estimate of drug-likeness (QED) is 0.358. The number of carbonyl (C=O) groups is 2. The van der Waals surface area contributed by atoms with Gasteiger partial charge in [0, 0.05) is 30.9 Å². The Balaban J connectivity index is 1.27. The molecule has 11 heteroatoms. The summed E-state index contributed by atoms with van der Waals surface area (Å²) in [7, 11) is 0. The van der Waals surface area contributed by atoms with E-state index in [1.807, 2.05) is 6.92 Å². The van der Waals surface area contributed by atoms with Gasteiger partial charge in [0.2, 0.25) is 5.91 Å². The van der Waals surface area contributed by atoms with Crippen molar-refractivity contribution in [1.29, 1.82) is 0 Å². The van der Waals surface area contributed by atoms with Crippen molar-refractivity contribution in [1.82, 2.24) is 25.0 Å². The maximum atomic E-state index is 12.7. The van der Waals surface area contributed by atoms with Gasteiger partial charge >= 0.3 is 0 Å². The summed E-state index contributed by atoms with van der Waals surface area (Å²) in [5.41, 5.74) is 2.06. The molecule has 1 aliphatic rings. The average molecular weight is 498 g/mol. The van der Waals surface area contributed by atoms with E-state index < -0.39 is 0 Å². The summed E-state index contributed by atoms with van der Waals surface area (Å²) in [6.07, 6.45) is 6.98. The Morgan fingerprint density at radius 2 is 1.94 bits per heavy atom. The van der Waals surface area contributed by atoms with Crippen LogP contribution in [0.15, 0.2) is 30.6 Å². The molecule has 3 heterocycles. The average Bonchev–Trinajstić information content (AvgIpc) is 3.50. The summed E-state index contributed by atoms with van der Waals surface area (Å²) in [5, 5.41) is 23.7. The van der Waals surface area contributed by atoms with Crippen LogP contribution in [0.4, 0.5) is 16.6 Å². The summed E-state index contributed by atoms with van der Waals surface area (Å²) in [5.74, 6) is 0.275. The number of piperidine rings is 1. The second-order valence-electron chi connectivity index (χ2n) is 8.66. The van der Waals surface area contributed by atoms with Crippen LogP contribution >= 0.6 is 11.3 Å². The first-order chi connectivity index (χ1) is 16.9. The van der Waals surface area contributed by atoms with Crippen LogP contribution < -0.4 is 16.0 Å². The van der Waals surface area contributed by atoms with Gasteiger partial charge in [-0.3, -0.25) is 14.3 Å². The van der Waals surface area contributed by atoms with Crippen molar-refractivity contribution in [2.45, 2.75) is 39.7 Å². The number of nitrogens with zero attached hydrogens (tertiary/aromatic N) is 4. The molecule has 0 bridgehead atoms. The Hall–Kier alpha value is -3.44. The smallest absolute Gasteiger partial charge is 0.267 e. The molecule has 1 aliphatic heterocycles. The number of amides is 2. The first-order valence-electron chi connectivity index (χ1n) is 11.7. The second kappa shape index (κ2) is 11.3. The predicted octanol–water partition coefficient (Wildman–Crippen LogP) is 3.26. The van der Waals surface area contributed by atoms with Gasteiger partial charge in [-0.05, 0) is 51.4 Å². The van der Waals surface area contributed by atoms with Crippen molar-refractivity contribution in [3.05, 3.63) is 46.6 Å². The molecule has 4 N–H and O–H groups in total. The largest absolute Gasteiger partial charge is 0.508 e. The molecule has 2 amide bonds. The number of hydrogen-bond donors (Lipinski definition) is 4. The number of anilines is 3. The molecular weight excluding hydrogens is 466 g/mol. The van der Waals surface area contributed by atoms with Crippen molar-refractivity contribution in [2.24, 2.45) is 0 Å². The lowest BCUT2D eigenvalue weighted by molar-refractivity contribution is -0.121. The van der Waals surface area contributed by atoms with E-state index in [2.05, 4.69) is 30.9 Å². The van der Waals surface area contributed by atoms with Gasteiger partial charge in [0.05, 0.1) is 11.9 Å². The predicted molar refractivity (Wildman–Crippen MR) is 136 cm³/mol. The lowest BCUT2D eigenvalue weighted by Crippen LogP contribution is -2.38. The van der Waals surface area contributed by atoms with Crippen LogP contribution in [-0.4, -0.2) is 62.8 Å². The van der Waals surface area contributed by atoms with E-state index in [1.54, 1.807) is 36.0 Å². The normalized spacial score (nSPS) is 14.0. The number of benzene rings is 1. The Morgan fingerprint density at radius 1 is 1.14 bits per heavy atom. The minimum atomic E-state index is -0.306. The molecule has 3 aromatic rings. The Labute approximate surface area is 208 Å². The SMILES string of the molecule is Cc1ccc(O)c(C)c1NC(=O)c1cnc(Nc2ccn(CC(=O)NCCN3CCCCC3)n2)s1. The number of aromatic hydroxyl groups is 1. The van der Waals surface area contributed by atoms with Gasteiger partial charge in [-0.25, -0.2) is 4.98 Å². The zero-order valence-electron chi connectivity index (χ0n) is 20.0. The molecule has 0 aliphatic carbocycles. The minimum Gasteiger partial charge on any atom is -0.508 e. The number of hydrogen-bond acceptors (Lipinski definition) is 8. The van der Waals surface area contributed by atoms with E-state index in [1.165, 1.54) is 36.8 Å². The number of carbonyl (C=O) groups excluding carboxylic acids is 2. The molecule has 10 nitrogen and oxygen atoms in total. The third-order valence-electron chi connectivity index (χ3n) is 5.99. The molecule has 0 atom stereocenters. The molecule has 4 rings (SSSR count). The van der Waals surface area contributed by atoms with Crippen LogP contribution in [0.3, 0.4) is 0 Å². The van der Waals surface area contributed by atoms with Crippen LogP contribution in [0.2, 0.25) is 0 Å². The van der Waals surface area contributed by atoms with E-state index in [4.69, 9.17) is 0 Å². The number of thiazole rings is 1. The molecule has 1 saturated heterocycles. The number of aryl methyl sites for hydroxylation is 1. The maximum Gasteiger partial charge on any atom is 0.267 e. The fourth-order valence-electron chi connectivity index (χ4n) is 4.01. The van der Waals surface area contributed by atoms with E-state index in [9.17, 15) is 14.7 Å². The fourth-order valence-corrected chi connectivity index (χ4v) is 4.72. The van der Waals surface area contributed by atoms with Crippen molar-refractivity contribution in [3.63, 3.8) is 0 Å². The van der Waals surface area contributed by atoms with Crippen molar-refractivity contribution >= 4 is 39.8 Å². The van der Waals surface area contributed by atoms with Gasteiger partial charge in [0.1, 0.15) is 17.2 Å². The van der Waals surface area contributed by atoms with Crippen LogP contribution in [0.25, 0.3) is 0 Å². The van der Waals surface area contributed by atoms with E-state index in [-0.39, 0.29) is 24.1 Å². The number of nitrogens with one attached hydrogen (secondary N) is 3. The lowest BCUT2D eigenvalue weighted by atomic mass is 10.1. The van der Waals surface area contributed by atoms with Crippen molar-refractivity contribution in [3.8, 4) is 5.75 Å². The molecular formula is C24H31N7O3S. The molecule has 0 saturated carbocycles. The molecule has 1 fully saturated rings. The topological polar surface area (TPSA) is 124 Å². The Kier molecular flexibility index (Phi) is 7.98. The molecule has 35 heavy (non-hydrogen) atoms. The van der Waals surface area contributed by atoms with Gasteiger partial charge < -0.3 is 26.0 Å². The van der Waals surface area contributed by atoms with Crippen LogP contribution in [-0.2, 0) is 11.3 Å². The highest BCUT2D eigenvalue weighted by Gasteiger charge is 2.16. The maximum absolute atomic E-state index is 12.7. The van der Waals surface area contributed by atoms with Crippen LogP contribution in [0.1, 0.15) is 40.1 Å². The first-order valence-corrected chi connectivity index (χ1v) is 12.6. The number of rotatable bonds is 9. The number of phenols is 1. The van der Waals surface area contributed by atoms with Crippen molar-refractivity contribution in [2.75, 3.05) is 36.8 Å². The molecule has 2 aromatic heterocycles. The monoisotopic (exact) mass is 497 g/mol. The van der Waals surface area contributed by atoms with E-state index >= 15 is 0 Å². The van der Waals surface area contributed by atoms with Crippen LogP contribution in [0, 0.1) is 13.8 Å². The molecule has 0 spiro atoms. The van der Waals surface area contributed by atoms with Gasteiger partial charge in [-0.2, -0.15) is 5.10 Å². The highest BCUT2D eigenvalue weighted by Crippen LogP contribution is 2.29. The standard InChI is InChI=1S/C24H31N7O3S/c1-16-6-7-18(32)17(2)22(16)28-23(34)19-14-26-24(35-19)27-20-8-12-31(29-20)15-21(33)25-9-13-30-10-4-3-5-11-30/h6-8,12,14,32H,3-5,9-11,13,15H2,1-2H3,(H,25,33)(H,28,34)(H,26,27,29). The van der Waals surface area contributed by atoms with E-state index in [0.717, 1.165) is 25.2 Å². The third-order valence-corrected chi connectivity index (χ3v) is 6.90. The van der Waals surface area contributed by atoms with Gasteiger partial charge in [-0.1, -0.05) is 23.8 Å². The summed E-state index contributed by atoms with van der Waals surface area (Å²) in [4.78, 5) is 32.0. The summed E-state index contributed by atoms with van der Waals surface area (Å²) in [6, 6.07) is 5.11. The van der Waals surface area contributed by atoms with E-state index in [0.29, 0.717) is 33.6 Å². The molecule has 0 radical (unpaired) electrons. The molecule has 0 unspecified atom stereocenters. The van der Waals surface area contributed by atoms with Crippen LogP contribution in [0.5, 0.6) is 5.75 Å². The first kappa shape index (κ1) is 24.7.